The van der Waals surface area contributed by atoms with Gasteiger partial charge in [0.1, 0.15) is 5.75 Å². The first-order chi connectivity index (χ1) is 13.6. The lowest BCUT2D eigenvalue weighted by molar-refractivity contribution is -0.135. The van der Waals surface area contributed by atoms with Crippen LogP contribution in [0.5, 0.6) is 5.75 Å². The summed E-state index contributed by atoms with van der Waals surface area (Å²) in [7, 11) is 1.70. The summed E-state index contributed by atoms with van der Waals surface area (Å²) in [5.41, 5.74) is 1.13. The molecule has 1 aromatic carbocycles. The molecule has 2 saturated carbocycles. The third-order valence-corrected chi connectivity index (χ3v) is 6.64. The molecule has 3 aliphatic rings. The van der Waals surface area contributed by atoms with E-state index >= 15 is 0 Å². The van der Waals surface area contributed by atoms with Crippen LogP contribution >= 0.6 is 11.6 Å². The lowest BCUT2D eigenvalue weighted by Crippen LogP contribution is -2.51. The molecule has 1 amide bonds. The van der Waals surface area contributed by atoms with E-state index in [9.17, 15) is 4.79 Å². The van der Waals surface area contributed by atoms with Gasteiger partial charge in [0.05, 0.1) is 13.7 Å². The fourth-order valence-electron chi connectivity index (χ4n) is 4.73. The van der Waals surface area contributed by atoms with Crippen molar-refractivity contribution in [2.45, 2.75) is 57.2 Å². The van der Waals surface area contributed by atoms with Crippen molar-refractivity contribution in [1.29, 1.82) is 0 Å². The second-order valence-corrected chi connectivity index (χ2v) is 8.92. The van der Waals surface area contributed by atoms with Gasteiger partial charge in [0, 0.05) is 55.4 Å². The average molecular weight is 406 g/mol. The van der Waals surface area contributed by atoms with Crippen molar-refractivity contribution in [1.82, 2.24) is 14.7 Å². The second-order valence-electron chi connectivity index (χ2n) is 8.48. The van der Waals surface area contributed by atoms with E-state index in [-0.39, 0.29) is 0 Å². The Morgan fingerprint density at radius 2 is 1.71 bits per heavy atom. The fraction of sp³-hybridized carbons (Fsp3) is 0.682. The Morgan fingerprint density at radius 3 is 2.36 bits per heavy atom. The number of carbonyl (C=O) groups excluding carboxylic acids is 1. The molecule has 0 unspecified atom stereocenters. The normalized spacial score (nSPS) is 21.8. The van der Waals surface area contributed by atoms with Crippen LogP contribution in [0.1, 0.15) is 44.1 Å². The predicted octanol–water partition coefficient (Wildman–Crippen LogP) is 3.40. The minimum absolute atomic E-state index is 0.361. The fourth-order valence-corrected chi connectivity index (χ4v) is 4.93. The molecule has 154 valence electrons. The maximum atomic E-state index is 13.0. The molecule has 4 rings (SSSR count). The number of benzene rings is 1. The van der Waals surface area contributed by atoms with E-state index in [0.717, 1.165) is 49.1 Å². The lowest BCUT2D eigenvalue weighted by atomic mass is 10.1. The van der Waals surface area contributed by atoms with E-state index in [2.05, 4.69) is 14.7 Å². The molecule has 1 aromatic rings. The number of rotatable bonds is 7. The number of amides is 1. The number of carbonyl (C=O) groups is 1. The summed E-state index contributed by atoms with van der Waals surface area (Å²) in [4.78, 5) is 20.0. The second kappa shape index (κ2) is 9.02. The highest BCUT2D eigenvalue weighted by Crippen LogP contribution is 2.34. The van der Waals surface area contributed by atoms with Crippen LogP contribution in [0.15, 0.2) is 18.2 Å². The van der Waals surface area contributed by atoms with E-state index in [1.165, 1.54) is 38.5 Å². The molecular weight excluding hydrogens is 374 g/mol. The van der Waals surface area contributed by atoms with E-state index in [1.807, 2.05) is 18.2 Å². The van der Waals surface area contributed by atoms with Gasteiger partial charge in [-0.1, -0.05) is 24.4 Å². The number of hydrogen-bond acceptors (Lipinski definition) is 4. The van der Waals surface area contributed by atoms with Crippen molar-refractivity contribution in [2.75, 3.05) is 39.8 Å². The van der Waals surface area contributed by atoms with Gasteiger partial charge in [-0.2, -0.15) is 0 Å². The van der Waals surface area contributed by atoms with E-state index in [4.69, 9.17) is 16.3 Å². The molecule has 1 aliphatic heterocycles. The third-order valence-electron chi connectivity index (χ3n) is 6.41. The van der Waals surface area contributed by atoms with Crippen molar-refractivity contribution in [3.63, 3.8) is 0 Å². The maximum absolute atomic E-state index is 13.0. The summed E-state index contributed by atoms with van der Waals surface area (Å²) < 4.78 is 5.47. The van der Waals surface area contributed by atoms with Crippen LogP contribution in [0.25, 0.3) is 0 Å². The van der Waals surface area contributed by atoms with Gasteiger partial charge in [-0.25, -0.2) is 0 Å². The van der Waals surface area contributed by atoms with Gasteiger partial charge in [0.2, 0.25) is 5.91 Å². The largest absolute Gasteiger partial charge is 0.496 e. The first kappa shape index (κ1) is 20.0. The molecule has 0 bridgehead atoms. The highest BCUT2D eigenvalue weighted by molar-refractivity contribution is 6.30. The van der Waals surface area contributed by atoms with Gasteiger partial charge in [-0.3, -0.25) is 14.6 Å². The predicted molar refractivity (Wildman–Crippen MR) is 112 cm³/mol. The van der Waals surface area contributed by atoms with Crippen LogP contribution < -0.4 is 4.74 Å². The number of ether oxygens (including phenoxy) is 1. The SMILES string of the molecule is COc1ccc(Cl)cc1CN1CCN(CC(=O)N(C2CCCC2)C2CC2)CC1. The summed E-state index contributed by atoms with van der Waals surface area (Å²) in [5.74, 6) is 1.25. The number of hydrogen-bond donors (Lipinski definition) is 0. The molecule has 6 heteroatoms. The van der Waals surface area contributed by atoms with Gasteiger partial charge in [-0.15, -0.1) is 0 Å². The summed E-state index contributed by atoms with van der Waals surface area (Å²) in [6.45, 7) is 5.24. The molecule has 0 radical (unpaired) electrons. The zero-order valence-electron chi connectivity index (χ0n) is 16.9. The van der Waals surface area contributed by atoms with Gasteiger partial charge < -0.3 is 9.64 Å². The van der Waals surface area contributed by atoms with Crippen molar-refractivity contribution in [3.8, 4) is 5.75 Å². The van der Waals surface area contributed by atoms with Gasteiger partial charge in [-0.05, 0) is 43.9 Å². The number of piperazine rings is 1. The summed E-state index contributed by atoms with van der Waals surface area (Å²) in [6.07, 6.45) is 7.39. The zero-order chi connectivity index (χ0) is 19.5. The Balaban J connectivity index is 1.28. The minimum Gasteiger partial charge on any atom is -0.496 e. The Hall–Kier alpha value is -1.30. The molecular formula is C22H32ClN3O2. The first-order valence-electron chi connectivity index (χ1n) is 10.7. The van der Waals surface area contributed by atoms with Crippen molar-refractivity contribution >= 4 is 17.5 Å². The Kier molecular flexibility index (Phi) is 6.44. The Bertz CT molecular complexity index is 680. The third kappa shape index (κ3) is 4.81. The average Bonchev–Trinajstić information content (AvgIpc) is 3.37. The number of methoxy groups -OCH3 is 1. The van der Waals surface area contributed by atoms with Crippen LogP contribution in [0.4, 0.5) is 0 Å². The molecule has 0 aromatic heterocycles. The molecule has 28 heavy (non-hydrogen) atoms. The lowest BCUT2D eigenvalue weighted by Gasteiger charge is -2.37. The van der Waals surface area contributed by atoms with E-state index < -0.39 is 0 Å². The molecule has 2 aliphatic carbocycles. The Labute approximate surface area is 173 Å². The summed E-state index contributed by atoms with van der Waals surface area (Å²) >= 11 is 6.16. The Morgan fingerprint density at radius 1 is 1.07 bits per heavy atom. The minimum atomic E-state index is 0.361. The summed E-state index contributed by atoms with van der Waals surface area (Å²) in [6, 6.07) is 6.83. The molecule has 3 fully saturated rings. The first-order valence-corrected chi connectivity index (χ1v) is 11.1. The quantitative estimate of drug-likeness (QED) is 0.696. The van der Waals surface area contributed by atoms with E-state index in [0.29, 0.717) is 24.5 Å². The maximum Gasteiger partial charge on any atom is 0.237 e. The molecule has 5 nitrogen and oxygen atoms in total. The topological polar surface area (TPSA) is 36.0 Å². The van der Waals surface area contributed by atoms with Crippen LogP contribution in [0.3, 0.4) is 0 Å². The smallest absolute Gasteiger partial charge is 0.237 e. The molecule has 0 atom stereocenters. The molecule has 0 N–H and O–H groups in total. The highest BCUT2D eigenvalue weighted by atomic mass is 35.5. The van der Waals surface area contributed by atoms with Crippen LogP contribution in [0, 0.1) is 0 Å². The van der Waals surface area contributed by atoms with Crippen LogP contribution in [-0.2, 0) is 11.3 Å². The number of nitrogens with zero attached hydrogens (tertiary/aromatic N) is 3. The zero-order valence-corrected chi connectivity index (χ0v) is 17.7. The van der Waals surface area contributed by atoms with Gasteiger partial charge >= 0.3 is 0 Å². The van der Waals surface area contributed by atoms with Crippen molar-refractivity contribution in [2.24, 2.45) is 0 Å². The van der Waals surface area contributed by atoms with Gasteiger partial charge in [0.15, 0.2) is 0 Å². The monoisotopic (exact) mass is 405 g/mol. The molecule has 1 saturated heterocycles. The molecule has 1 heterocycles. The summed E-state index contributed by atoms with van der Waals surface area (Å²) in [5, 5.41) is 0.743. The van der Waals surface area contributed by atoms with E-state index in [1.54, 1.807) is 7.11 Å². The highest BCUT2D eigenvalue weighted by Gasteiger charge is 2.38. The van der Waals surface area contributed by atoms with Crippen LogP contribution in [0.2, 0.25) is 5.02 Å². The van der Waals surface area contributed by atoms with Crippen LogP contribution in [-0.4, -0.2) is 72.5 Å². The van der Waals surface area contributed by atoms with Crippen molar-refractivity contribution < 1.29 is 9.53 Å². The molecule has 0 spiro atoms. The van der Waals surface area contributed by atoms with Gasteiger partial charge in [0.25, 0.3) is 0 Å². The standard InChI is InChI=1S/C22H32ClN3O2/c1-28-21-9-6-18(23)14-17(21)15-24-10-12-25(13-11-24)16-22(27)26(20-7-8-20)19-4-2-3-5-19/h6,9,14,19-20H,2-5,7-8,10-13,15-16H2,1H3. The van der Waals surface area contributed by atoms with Crippen molar-refractivity contribution in [3.05, 3.63) is 28.8 Å². The number of halogens is 1.